The summed E-state index contributed by atoms with van der Waals surface area (Å²) >= 11 is 0. The van der Waals surface area contributed by atoms with Crippen LogP contribution in [0.2, 0.25) is 0 Å². The fraction of sp³-hybridized carbons (Fsp3) is 0.750. The Hall–Kier alpha value is -2.20. The van der Waals surface area contributed by atoms with Crippen molar-refractivity contribution in [3.05, 3.63) is 0 Å². The quantitative estimate of drug-likeness (QED) is 0.303. The van der Waals surface area contributed by atoms with Gasteiger partial charge < -0.3 is 32.3 Å². The number of nitrogens with two attached hydrogens (primary N) is 2. The van der Waals surface area contributed by atoms with E-state index in [2.05, 4.69) is 10.6 Å². The van der Waals surface area contributed by atoms with E-state index >= 15 is 0 Å². The first-order chi connectivity index (χ1) is 12.1. The number of aliphatic carboxylic acids is 2. The summed E-state index contributed by atoms with van der Waals surface area (Å²) in [6.45, 7) is 3.40. The molecule has 10 heteroatoms. The molecule has 0 saturated carbocycles. The van der Waals surface area contributed by atoms with Crippen LogP contribution >= 0.6 is 0 Å². The van der Waals surface area contributed by atoms with E-state index in [9.17, 15) is 9.59 Å². The van der Waals surface area contributed by atoms with Crippen molar-refractivity contribution in [1.82, 2.24) is 10.6 Å². The van der Waals surface area contributed by atoms with E-state index in [0.717, 1.165) is 39.5 Å². The molecule has 8 N–H and O–H groups in total. The summed E-state index contributed by atoms with van der Waals surface area (Å²) in [4.78, 5) is 41.6. The molecule has 1 heterocycles. The van der Waals surface area contributed by atoms with Gasteiger partial charge in [0, 0.05) is 13.8 Å². The predicted molar refractivity (Wildman–Crippen MR) is 96.3 cm³/mol. The number of unbranched alkanes of at least 4 members (excludes halogenated alkanes) is 2. The molecule has 152 valence electrons. The minimum Gasteiger partial charge on any atom is -0.481 e. The molecule has 0 unspecified atom stereocenters. The van der Waals surface area contributed by atoms with E-state index in [1.807, 2.05) is 0 Å². The number of carbonyl (C=O) groups excluding carboxylic acids is 2. The van der Waals surface area contributed by atoms with E-state index < -0.39 is 24.0 Å². The van der Waals surface area contributed by atoms with Gasteiger partial charge in [-0.15, -0.1) is 0 Å². The first-order valence-electron chi connectivity index (χ1n) is 8.55. The summed E-state index contributed by atoms with van der Waals surface area (Å²) in [6, 6.07) is -0.787. The molecule has 0 radical (unpaired) electrons. The zero-order chi connectivity index (χ0) is 20.5. The van der Waals surface area contributed by atoms with Crippen LogP contribution in [0.5, 0.6) is 0 Å². The maximum atomic E-state index is 11.8. The number of piperazine rings is 1. The van der Waals surface area contributed by atoms with Crippen molar-refractivity contribution in [1.29, 1.82) is 0 Å². The van der Waals surface area contributed by atoms with Crippen molar-refractivity contribution in [2.24, 2.45) is 11.5 Å². The number of hydrogen-bond acceptors (Lipinski definition) is 6. The first kappa shape index (κ1) is 26.0. The second-order valence-corrected chi connectivity index (χ2v) is 5.73. The molecule has 0 aromatic heterocycles. The van der Waals surface area contributed by atoms with Crippen molar-refractivity contribution >= 4 is 23.8 Å². The van der Waals surface area contributed by atoms with E-state index in [1.54, 1.807) is 0 Å². The molecule has 1 fully saturated rings. The second kappa shape index (κ2) is 16.3. The highest BCUT2D eigenvalue weighted by Crippen LogP contribution is 2.09. The van der Waals surface area contributed by atoms with Crippen LogP contribution in [0.3, 0.4) is 0 Å². The highest BCUT2D eigenvalue weighted by molar-refractivity contribution is 5.96. The monoisotopic (exact) mass is 376 g/mol. The minimum absolute atomic E-state index is 0.0793. The van der Waals surface area contributed by atoms with Crippen LogP contribution in [0.1, 0.15) is 52.4 Å². The molecule has 0 bridgehead atoms. The van der Waals surface area contributed by atoms with E-state index in [4.69, 9.17) is 31.3 Å². The average molecular weight is 376 g/mol. The van der Waals surface area contributed by atoms with Crippen molar-refractivity contribution in [3.63, 3.8) is 0 Å². The van der Waals surface area contributed by atoms with Crippen LogP contribution < -0.4 is 22.1 Å². The van der Waals surface area contributed by atoms with Gasteiger partial charge >= 0.3 is 0 Å². The van der Waals surface area contributed by atoms with Gasteiger partial charge in [0.05, 0.1) is 0 Å². The lowest BCUT2D eigenvalue weighted by molar-refractivity contribution is -0.137. The molecule has 2 atom stereocenters. The van der Waals surface area contributed by atoms with Gasteiger partial charge in [-0.3, -0.25) is 19.2 Å². The molecule has 0 spiro atoms. The Bertz CT molecular complexity index is 396. The Labute approximate surface area is 153 Å². The Morgan fingerprint density at radius 1 is 0.808 bits per heavy atom. The SMILES string of the molecule is CC(=O)O.CC(=O)O.NCCCC[C@@H]1NC(=O)[C@H](CCCCN)NC1=O. The van der Waals surface area contributed by atoms with Crippen LogP contribution in [0.15, 0.2) is 0 Å². The molecule has 26 heavy (non-hydrogen) atoms. The molecule has 1 rings (SSSR count). The summed E-state index contributed by atoms with van der Waals surface area (Å²) in [5.74, 6) is -1.83. The number of carboxylic acid groups (broad SMARTS) is 2. The molecule has 1 saturated heterocycles. The molecule has 2 amide bonds. The number of carboxylic acids is 2. The fourth-order valence-corrected chi connectivity index (χ4v) is 2.07. The molecule has 0 aliphatic carbocycles. The van der Waals surface area contributed by atoms with Crippen LogP contribution in [-0.2, 0) is 19.2 Å². The molecular weight excluding hydrogens is 344 g/mol. The van der Waals surface area contributed by atoms with Gasteiger partial charge in [0.1, 0.15) is 12.1 Å². The molecule has 1 aliphatic rings. The van der Waals surface area contributed by atoms with Gasteiger partial charge in [0.2, 0.25) is 11.8 Å². The van der Waals surface area contributed by atoms with Gasteiger partial charge in [-0.25, -0.2) is 0 Å². The molecule has 1 aliphatic heterocycles. The Morgan fingerprint density at radius 3 is 1.31 bits per heavy atom. The minimum atomic E-state index is -0.833. The van der Waals surface area contributed by atoms with Crippen LogP contribution in [0, 0.1) is 0 Å². The second-order valence-electron chi connectivity index (χ2n) is 5.73. The Balaban J connectivity index is 0. The standard InChI is InChI=1S/C12H24N4O2.2C2H4O2/c13-7-3-1-5-9-11(17)16-10(12(18)15-9)6-2-4-8-14;2*1-2(3)4/h9-10H,1-8,13-14H2,(H,15,18)(H,16,17);2*1H3,(H,3,4)/t9-,10-;;/m0../s1. The molecule has 0 aromatic rings. The van der Waals surface area contributed by atoms with E-state index in [1.165, 1.54) is 0 Å². The topological polar surface area (TPSA) is 185 Å². The summed E-state index contributed by atoms with van der Waals surface area (Å²) in [5, 5.41) is 20.4. The van der Waals surface area contributed by atoms with E-state index in [0.29, 0.717) is 25.9 Å². The predicted octanol–water partition coefficient (Wildman–Crippen LogP) is -0.591. The van der Waals surface area contributed by atoms with Crippen LogP contribution in [0.4, 0.5) is 0 Å². The summed E-state index contributed by atoms with van der Waals surface area (Å²) in [7, 11) is 0. The number of hydrogen-bond donors (Lipinski definition) is 6. The zero-order valence-electron chi connectivity index (χ0n) is 15.5. The number of carbonyl (C=O) groups is 4. The molecule has 0 aromatic carbocycles. The van der Waals surface area contributed by atoms with Crippen molar-refractivity contribution in [2.45, 2.75) is 64.5 Å². The highest BCUT2D eigenvalue weighted by Gasteiger charge is 2.32. The number of nitrogens with one attached hydrogen (secondary N) is 2. The number of amides is 2. The van der Waals surface area contributed by atoms with Crippen molar-refractivity contribution in [3.8, 4) is 0 Å². The maximum Gasteiger partial charge on any atom is 0.300 e. The third-order valence-corrected chi connectivity index (χ3v) is 3.16. The van der Waals surface area contributed by atoms with Gasteiger partial charge in [0.25, 0.3) is 11.9 Å². The fourth-order valence-electron chi connectivity index (χ4n) is 2.07. The largest absolute Gasteiger partial charge is 0.481 e. The smallest absolute Gasteiger partial charge is 0.300 e. The molecule has 10 nitrogen and oxygen atoms in total. The van der Waals surface area contributed by atoms with E-state index in [-0.39, 0.29) is 11.8 Å². The lowest BCUT2D eigenvalue weighted by Crippen LogP contribution is -2.61. The zero-order valence-corrected chi connectivity index (χ0v) is 15.5. The normalized spacial score (nSPS) is 18.3. The Kier molecular flexibility index (Phi) is 16.3. The Morgan fingerprint density at radius 2 is 1.08 bits per heavy atom. The lowest BCUT2D eigenvalue weighted by atomic mass is 10.0. The first-order valence-corrected chi connectivity index (χ1v) is 8.55. The number of rotatable bonds is 8. The van der Waals surface area contributed by atoms with Crippen molar-refractivity contribution in [2.75, 3.05) is 13.1 Å². The molecular formula is C16H32N4O6. The van der Waals surface area contributed by atoms with Gasteiger partial charge in [0.15, 0.2) is 0 Å². The summed E-state index contributed by atoms with van der Waals surface area (Å²) in [6.07, 6.45) is 4.77. The highest BCUT2D eigenvalue weighted by atomic mass is 16.4. The average Bonchev–Trinajstić information content (AvgIpc) is 2.51. The lowest BCUT2D eigenvalue weighted by Gasteiger charge is -2.29. The van der Waals surface area contributed by atoms with Crippen LogP contribution in [-0.4, -0.2) is 59.1 Å². The maximum absolute atomic E-state index is 11.8. The third kappa shape index (κ3) is 16.7. The third-order valence-electron chi connectivity index (χ3n) is 3.16. The van der Waals surface area contributed by atoms with Crippen molar-refractivity contribution < 1.29 is 29.4 Å². The van der Waals surface area contributed by atoms with Gasteiger partial charge in [-0.2, -0.15) is 0 Å². The summed E-state index contributed by atoms with van der Waals surface area (Å²) in [5.41, 5.74) is 10.8. The van der Waals surface area contributed by atoms with Gasteiger partial charge in [-0.1, -0.05) is 0 Å². The summed E-state index contributed by atoms with van der Waals surface area (Å²) < 4.78 is 0. The van der Waals surface area contributed by atoms with Gasteiger partial charge in [-0.05, 0) is 51.6 Å². The van der Waals surface area contributed by atoms with Crippen LogP contribution in [0.25, 0.3) is 0 Å².